The first-order valence-corrected chi connectivity index (χ1v) is 21.4. The number of aromatic amines is 1. The van der Waals surface area contributed by atoms with Crippen LogP contribution in [0, 0.1) is 5.92 Å². The van der Waals surface area contributed by atoms with Gasteiger partial charge in [0.15, 0.2) is 6.61 Å². The lowest BCUT2D eigenvalue weighted by molar-refractivity contribution is -0.167. The third-order valence-corrected chi connectivity index (χ3v) is 13.0. The number of aromatic hydroxyl groups is 1. The number of hydrogen-bond acceptors (Lipinski definition) is 10. The number of phenols is 1. The van der Waals surface area contributed by atoms with Crippen LogP contribution in [-0.2, 0) is 32.7 Å². The summed E-state index contributed by atoms with van der Waals surface area (Å²) in [4.78, 5) is 45.6. The number of nitrogens with zero attached hydrogens (tertiary/aromatic N) is 2. The van der Waals surface area contributed by atoms with Gasteiger partial charge in [0.25, 0.3) is 5.91 Å². The molecule has 3 saturated heterocycles. The van der Waals surface area contributed by atoms with E-state index >= 15 is 0 Å². The fourth-order valence-corrected chi connectivity index (χ4v) is 9.40. The van der Waals surface area contributed by atoms with E-state index in [1.165, 1.54) is 24.8 Å². The number of hydrogen-bond donors (Lipinski definition) is 4. The van der Waals surface area contributed by atoms with Crippen molar-refractivity contribution < 1.29 is 34.0 Å². The molecule has 4 heterocycles. The summed E-state index contributed by atoms with van der Waals surface area (Å²) in [5.41, 5.74) is 2.91. The zero-order valence-electron chi connectivity index (χ0n) is 34.1. The summed E-state index contributed by atoms with van der Waals surface area (Å²) in [7, 11) is 3.30. The largest absolute Gasteiger partial charge is 0.506 e. The molecule has 316 valence electrons. The summed E-state index contributed by atoms with van der Waals surface area (Å²) < 4.78 is 17.8. The predicted molar refractivity (Wildman–Crippen MR) is 227 cm³/mol. The van der Waals surface area contributed by atoms with E-state index in [1.54, 1.807) is 36.2 Å². The minimum Gasteiger partial charge on any atom is -0.506 e. The average molecular weight is 829 g/mol. The molecule has 4 aliphatic rings. The molecule has 1 aliphatic carbocycles. The number of halogens is 1. The third kappa shape index (κ3) is 9.89. The minimum atomic E-state index is -0.933. The molecule has 1 saturated carbocycles. The van der Waals surface area contributed by atoms with E-state index in [0.717, 1.165) is 95.0 Å². The molecule has 4 N–H and O–H groups in total. The number of aliphatic hydroxyl groups excluding tert-OH is 1. The maximum Gasteiger partial charge on any atom is 0.316 e. The third-order valence-electron chi connectivity index (χ3n) is 12.7. The molecule has 1 aromatic heterocycles. The van der Waals surface area contributed by atoms with Crippen LogP contribution in [0.2, 0.25) is 5.02 Å². The van der Waals surface area contributed by atoms with Gasteiger partial charge in [0.1, 0.15) is 23.4 Å². The number of methoxy groups -OCH3 is 1. The van der Waals surface area contributed by atoms with Gasteiger partial charge in [0, 0.05) is 56.3 Å². The lowest BCUT2D eigenvalue weighted by atomic mass is 9.69. The fraction of sp³-hybridized carbons (Fsp3) is 0.500. The normalized spacial score (nSPS) is 20.2. The molecule has 0 spiro atoms. The molecule has 3 aliphatic heterocycles. The molecule has 59 heavy (non-hydrogen) atoms. The number of aryl methyl sites for hydroxylation is 1. The number of esters is 1. The van der Waals surface area contributed by atoms with Crippen LogP contribution in [0.3, 0.4) is 0 Å². The molecule has 4 aromatic rings. The first kappa shape index (κ1) is 42.5. The highest BCUT2D eigenvalue weighted by Gasteiger charge is 2.46. The number of H-pyrrole nitrogens is 1. The number of carbonyl (C=O) groups is 2. The van der Waals surface area contributed by atoms with Gasteiger partial charge >= 0.3 is 5.97 Å². The number of carbonyl (C=O) groups excluding carboxylic acids is 2. The maximum absolute atomic E-state index is 14.0. The van der Waals surface area contributed by atoms with Gasteiger partial charge in [-0.25, -0.2) is 0 Å². The number of pyridine rings is 1. The first-order valence-electron chi connectivity index (χ1n) is 21.0. The van der Waals surface area contributed by atoms with Crippen LogP contribution in [-0.4, -0.2) is 96.5 Å². The highest BCUT2D eigenvalue weighted by molar-refractivity contribution is 6.32. The van der Waals surface area contributed by atoms with Gasteiger partial charge in [-0.2, -0.15) is 0 Å². The molecule has 3 aromatic carbocycles. The zero-order valence-corrected chi connectivity index (χ0v) is 34.9. The second-order valence-corrected chi connectivity index (χ2v) is 16.9. The summed E-state index contributed by atoms with van der Waals surface area (Å²) >= 11 is 6.59. The van der Waals surface area contributed by atoms with Crippen LogP contribution in [0.25, 0.3) is 10.9 Å². The zero-order chi connectivity index (χ0) is 41.5. The Morgan fingerprint density at radius 2 is 1.83 bits per heavy atom. The Labute approximate surface area is 350 Å². The van der Waals surface area contributed by atoms with Crippen molar-refractivity contribution in [3.05, 3.63) is 98.3 Å². The van der Waals surface area contributed by atoms with E-state index < -0.39 is 11.5 Å². The van der Waals surface area contributed by atoms with Crippen molar-refractivity contribution in [1.29, 1.82) is 0 Å². The molecular weight excluding hydrogens is 772 g/mol. The smallest absolute Gasteiger partial charge is 0.316 e. The van der Waals surface area contributed by atoms with Gasteiger partial charge in [-0.15, -0.1) is 0 Å². The number of fused-ring (bicyclic) bond motifs is 4. The Kier molecular flexibility index (Phi) is 13.8. The Balaban J connectivity index is 0.870. The molecular formula is C46H57ClN4O8. The SMILES string of the molecule is COc1cc(OCC(=O)N(C)CCCCc2cccc(C3(C(=O)O[C@H]4CN5CCC4CC5)CCCCC3)c2)c(Cl)cc1CNCC(O)c1ccc(O)c2[nH]c(=O)ccc12. The Bertz CT molecular complexity index is 2160. The Morgan fingerprint density at radius 1 is 1.03 bits per heavy atom. The van der Waals surface area contributed by atoms with Gasteiger partial charge in [0.2, 0.25) is 5.56 Å². The van der Waals surface area contributed by atoms with E-state index in [-0.39, 0.29) is 48.0 Å². The van der Waals surface area contributed by atoms with Crippen molar-refractivity contribution >= 4 is 34.4 Å². The van der Waals surface area contributed by atoms with E-state index in [2.05, 4.69) is 39.5 Å². The monoisotopic (exact) mass is 828 g/mol. The maximum atomic E-state index is 14.0. The number of aromatic nitrogens is 1. The topological polar surface area (TPSA) is 154 Å². The Hall–Kier alpha value is -4.62. The summed E-state index contributed by atoms with van der Waals surface area (Å²) in [6.45, 7) is 3.97. The van der Waals surface area contributed by atoms with E-state index in [0.29, 0.717) is 46.5 Å². The number of phenolic OH excluding ortho intramolecular Hbond substituents is 1. The molecule has 8 rings (SSSR count). The van der Waals surface area contributed by atoms with Crippen molar-refractivity contribution in [2.45, 2.75) is 88.4 Å². The van der Waals surface area contributed by atoms with Crippen molar-refractivity contribution in [2.75, 3.05) is 53.5 Å². The summed E-state index contributed by atoms with van der Waals surface area (Å²) in [5, 5.41) is 25.2. The first-order chi connectivity index (χ1) is 28.5. The second-order valence-electron chi connectivity index (χ2n) is 16.5. The van der Waals surface area contributed by atoms with Gasteiger partial charge < -0.3 is 39.6 Å². The van der Waals surface area contributed by atoms with Gasteiger partial charge in [-0.3, -0.25) is 19.3 Å². The van der Waals surface area contributed by atoms with Gasteiger partial charge in [0.05, 0.1) is 29.2 Å². The summed E-state index contributed by atoms with van der Waals surface area (Å²) in [6.07, 6.45) is 8.76. The van der Waals surface area contributed by atoms with Crippen LogP contribution in [0.15, 0.2) is 65.5 Å². The number of rotatable bonds is 17. The van der Waals surface area contributed by atoms with Crippen LogP contribution in [0.1, 0.15) is 86.1 Å². The molecule has 4 fully saturated rings. The average Bonchev–Trinajstić information content (AvgIpc) is 3.25. The standard InChI is InChI=1S/C46H57ClN4O8/c1-50(20-7-4-9-30-10-8-11-33(23-30)46(18-5-3-6-19-46)45(56)59-41-28-51-21-16-31(41)17-22-51)43(55)29-58-40-25-39(57-2)32(24-36(40)47)26-48-27-38(53)34-12-14-37(52)44-35(34)13-15-42(54)49-44/h8,10-15,23-25,31,38,41,48,52-53H,3-7,9,16-22,26-29H2,1-2H3,(H,49,54)/t38?,41-/m0/s1. The highest BCUT2D eigenvalue weighted by Crippen LogP contribution is 2.42. The molecule has 1 unspecified atom stereocenters. The number of ether oxygens (including phenoxy) is 3. The summed E-state index contributed by atoms with van der Waals surface area (Å²) in [5.74, 6) is 1.03. The van der Waals surface area contributed by atoms with Crippen molar-refractivity contribution in [3.63, 3.8) is 0 Å². The lowest BCUT2D eigenvalue weighted by Crippen LogP contribution is -2.53. The number of amides is 1. The highest BCUT2D eigenvalue weighted by atomic mass is 35.5. The van der Waals surface area contributed by atoms with Gasteiger partial charge in [-0.1, -0.05) is 61.2 Å². The fourth-order valence-electron chi connectivity index (χ4n) is 9.16. The number of nitrogens with one attached hydrogen (secondary N) is 2. The number of benzene rings is 3. The Morgan fingerprint density at radius 3 is 2.58 bits per heavy atom. The van der Waals surface area contributed by atoms with E-state index in [4.69, 9.17) is 25.8 Å². The second kappa shape index (κ2) is 19.2. The lowest BCUT2D eigenvalue weighted by Gasteiger charge is -2.45. The van der Waals surface area contributed by atoms with E-state index in [9.17, 15) is 24.6 Å². The van der Waals surface area contributed by atoms with Crippen LogP contribution in [0.4, 0.5) is 0 Å². The van der Waals surface area contributed by atoms with Crippen LogP contribution in [0.5, 0.6) is 17.2 Å². The van der Waals surface area contributed by atoms with Crippen molar-refractivity contribution in [3.8, 4) is 17.2 Å². The molecule has 13 heteroatoms. The van der Waals surface area contributed by atoms with Crippen molar-refractivity contribution in [2.24, 2.45) is 5.92 Å². The number of aliphatic hydroxyl groups is 1. The van der Waals surface area contributed by atoms with E-state index in [1.807, 2.05) is 0 Å². The number of likely N-dealkylation sites (N-methyl/N-ethyl adjacent to an activating group) is 1. The van der Waals surface area contributed by atoms with Crippen LogP contribution >= 0.6 is 11.6 Å². The van der Waals surface area contributed by atoms with Gasteiger partial charge in [-0.05, 0) is 98.8 Å². The molecule has 2 bridgehead atoms. The van der Waals surface area contributed by atoms with Crippen LogP contribution < -0.4 is 20.3 Å². The molecule has 2 atom stereocenters. The number of piperidine rings is 3. The minimum absolute atomic E-state index is 0.00997. The molecule has 0 radical (unpaired) electrons. The predicted octanol–water partition coefficient (Wildman–Crippen LogP) is 6.42. The molecule has 1 amide bonds. The summed E-state index contributed by atoms with van der Waals surface area (Å²) in [6, 6.07) is 17.9. The number of unbranched alkanes of at least 4 members (excludes halogenated alkanes) is 1. The molecule has 12 nitrogen and oxygen atoms in total. The van der Waals surface area contributed by atoms with Crippen molar-refractivity contribution in [1.82, 2.24) is 20.1 Å². The quantitative estimate of drug-likeness (QED) is 0.0693.